The van der Waals surface area contributed by atoms with Crippen LogP contribution in [0.25, 0.3) is 0 Å². The third kappa shape index (κ3) is 4.06. The highest BCUT2D eigenvalue weighted by Crippen LogP contribution is 2.46. The van der Waals surface area contributed by atoms with E-state index in [4.69, 9.17) is 0 Å². The number of phenolic OH excluding ortho intramolecular Hbond substituents is 3. The second-order valence-electron chi connectivity index (χ2n) is 8.30. The Morgan fingerprint density at radius 1 is 0.500 bits per heavy atom. The molecule has 0 radical (unpaired) electrons. The minimum absolute atomic E-state index is 0.197. The number of hydrogen-bond donors (Lipinski definition) is 3. The normalized spacial score (nSPS) is 11.4. The highest BCUT2D eigenvalue weighted by atomic mass is 16.3. The Labute approximate surface area is 189 Å². The molecule has 0 heterocycles. The Bertz CT molecular complexity index is 1170. The van der Waals surface area contributed by atoms with Crippen LogP contribution in [0.1, 0.15) is 41.2 Å². The van der Waals surface area contributed by atoms with Gasteiger partial charge in [0, 0.05) is 16.5 Å². The second-order valence-corrected chi connectivity index (χ2v) is 8.30. The number of benzene rings is 4. The molecule has 3 nitrogen and oxygen atoms in total. The van der Waals surface area contributed by atoms with Gasteiger partial charge < -0.3 is 15.3 Å². The van der Waals surface area contributed by atoms with E-state index in [9.17, 15) is 15.3 Å². The first-order chi connectivity index (χ1) is 15.5. The first kappa shape index (κ1) is 21.5. The maximum absolute atomic E-state index is 10.8. The summed E-state index contributed by atoms with van der Waals surface area (Å²) in [6.07, 6.45) is 2.44. The number of para-hydroxylation sites is 3. The van der Waals surface area contributed by atoms with Crippen LogP contribution >= 0.6 is 0 Å². The molecule has 3 N–H and O–H groups in total. The van der Waals surface area contributed by atoms with Crippen LogP contribution in [0.4, 0.5) is 0 Å². The molecule has 162 valence electrons. The first-order valence-corrected chi connectivity index (χ1v) is 10.9. The molecule has 4 rings (SSSR count). The Morgan fingerprint density at radius 3 is 1.44 bits per heavy atom. The lowest BCUT2D eigenvalue weighted by molar-refractivity contribution is 0.441. The van der Waals surface area contributed by atoms with Gasteiger partial charge in [-0.25, -0.2) is 0 Å². The zero-order valence-electron chi connectivity index (χ0n) is 18.2. The Kier molecular flexibility index (Phi) is 6.18. The van der Waals surface area contributed by atoms with Crippen molar-refractivity contribution in [3.05, 3.63) is 125 Å². The van der Waals surface area contributed by atoms with E-state index >= 15 is 0 Å². The molecule has 0 aliphatic heterocycles. The van der Waals surface area contributed by atoms with Gasteiger partial charge in [-0.3, -0.25) is 0 Å². The first-order valence-electron chi connectivity index (χ1n) is 10.9. The van der Waals surface area contributed by atoms with E-state index in [-0.39, 0.29) is 11.5 Å². The topological polar surface area (TPSA) is 60.7 Å². The minimum atomic E-state index is -0.748. The molecule has 0 fully saturated rings. The van der Waals surface area contributed by atoms with Gasteiger partial charge in [-0.2, -0.15) is 0 Å². The van der Waals surface area contributed by atoms with Crippen LogP contribution in [0, 0.1) is 0 Å². The van der Waals surface area contributed by atoms with E-state index in [1.807, 2.05) is 66.7 Å². The molecule has 0 saturated heterocycles. The summed E-state index contributed by atoms with van der Waals surface area (Å²) in [5.74, 6) is 0.721. The van der Waals surface area contributed by atoms with Crippen LogP contribution in [0.3, 0.4) is 0 Å². The molecule has 0 amide bonds. The summed E-state index contributed by atoms with van der Waals surface area (Å²) in [5.41, 5.74) is 3.87. The average molecular weight is 425 g/mol. The second kappa shape index (κ2) is 9.19. The monoisotopic (exact) mass is 424 g/mol. The fraction of sp³-hybridized carbons (Fsp3) is 0.172. The molecule has 0 atom stereocenters. The van der Waals surface area contributed by atoms with Gasteiger partial charge in [-0.15, -0.1) is 0 Å². The number of rotatable bonds is 7. The Morgan fingerprint density at radius 2 is 0.906 bits per heavy atom. The number of phenols is 3. The van der Waals surface area contributed by atoms with Crippen molar-refractivity contribution in [3.63, 3.8) is 0 Å². The van der Waals surface area contributed by atoms with Gasteiger partial charge in [0.15, 0.2) is 0 Å². The minimum Gasteiger partial charge on any atom is -0.508 e. The van der Waals surface area contributed by atoms with E-state index in [0.29, 0.717) is 5.75 Å². The van der Waals surface area contributed by atoms with Crippen molar-refractivity contribution in [1.82, 2.24) is 0 Å². The Hall–Kier alpha value is -3.72. The highest BCUT2D eigenvalue weighted by Gasteiger charge is 2.36. The average Bonchev–Trinajstić information content (AvgIpc) is 2.81. The van der Waals surface area contributed by atoms with Crippen LogP contribution in [-0.2, 0) is 18.3 Å². The van der Waals surface area contributed by atoms with E-state index in [1.54, 1.807) is 18.2 Å². The molecule has 0 unspecified atom stereocenters. The number of hydrogen-bond acceptors (Lipinski definition) is 3. The Balaban J connectivity index is 1.77. The molecular weight excluding hydrogens is 396 g/mol. The largest absolute Gasteiger partial charge is 0.508 e. The van der Waals surface area contributed by atoms with Crippen LogP contribution in [-0.4, -0.2) is 15.3 Å². The fourth-order valence-corrected chi connectivity index (χ4v) is 4.65. The van der Waals surface area contributed by atoms with E-state index < -0.39 is 5.41 Å². The lowest BCUT2D eigenvalue weighted by atomic mass is 9.68. The summed E-state index contributed by atoms with van der Waals surface area (Å²) in [7, 11) is 0. The quantitative estimate of drug-likeness (QED) is 0.304. The highest BCUT2D eigenvalue weighted by molar-refractivity contribution is 5.59. The van der Waals surface area contributed by atoms with Gasteiger partial charge in [-0.1, -0.05) is 78.9 Å². The van der Waals surface area contributed by atoms with Gasteiger partial charge in [0.25, 0.3) is 0 Å². The van der Waals surface area contributed by atoms with Crippen molar-refractivity contribution >= 4 is 0 Å². The lowest BCUT2D eigenvalue weighted by Crippen LogP contribution is -2.27. The molecule has 32 heavy (non-hydrogen) atoms. The van der Waals surface area contributed by atoms with Crippen LogP contribution in [0.2, 0.25) is 0 Å². The van der Waals surface area contributed by atoms with E-state index in [0.717, 1.165) is 47.1 Å². The predicted octanol–water partition coefficient (Wildman–Crippen LogP) is 6.33. The van der Waals surface area contributed by atoms with Crippen LogP contribution in [0.15, 0.2) is 97.1 Å². The maximum Gasteiger partial charge on any atom is 0.120 e. The van der Waals surface area contributed by atoms with Crippen molar-refractivity contribution in [3.8, 4) is 17.2 Å². The summed E-state index contributed by atoms with van der Waals surface area (Å²) in [4.78, 5) is 0. The molecule has 3 heteroatoms. The molecule has 0 spiro atoms. The van der Waals surface area contributed by atoms with Gasteiger partial charge in [0.2, 0.25) is 0 Å². The number of aryl methyl sites for hydroxylation is 2. The smallest absolute Gasteiger partial charge is 0.120 e. The molecule has 0 aliphatic rings. The van der Waals surface area contributed by atoms with Gasteiger partial charge in [-0.05, 0) is 61.1 Å². The van der Waals surface area contributed by atoms with Crippen LogP contribution in [0.5, 0.6) is 17.2 Å². The fourth-order valence-electron chi connectivity index (χ4n) is 4.65. The van der Waals surface area contributed by atoms with Crippen LogP contribution < -0.4 is 0 Å². The molecule has 0 bridgehead atoms. The van der Waals surface area contributed by atoms with Gasteiger partial charge in [0.1, 0.15) is 17.2 Å². The summed E-state index contributed by atoms with van der Waals surface area (Å²) < 4.78 is 0. The zero-order chi connectivity index (χ0) is 22.6. The van der Waals surface area contributed by atoms with Gasteiger partial charge in [0.05, 0.1) is 0 Å². The SMILES string of the molecule is CC(c1ccccc1O)(c1ccccc1O)c1ccccc1CCCc1ccccc1O. The molecule has 0 saturated carbocycles. The zero-order valence-corrected chi connectivity index (χ0v) is 18.2. The summed E-state index contributed by atoms with van der Waals surface area (Å²) in [6.45, 7) is 2.05. The van der Waals surface area contributed by atoms with Crippen molar-refractivity contribution < 1.29 is 15.3 Å². The van der Waals surface area contributed by atoms with E-state index in [2.05, 4.69) is 19.1 Å². The lowest BCUT2D eigenvalue weighted by Gasteiger charge is -2.34. The molecule has 4 aromatic rings. The summed E-state index contributed by atoms with van der Waals surface area (Å²) >= 11 is 0. The molecule has 0 aliphatic carbocycles. The predicted molar refractivity (Wildman–Crippen MR) is 128 cm³/mol. The third-order valence-electron chi connectivity index (χ3n) is 6.33. The van der Waals surface area contributed by atoms with Crippen molar-refractivity contribution in [2.75, 3.05) is 0 Å². The standard InChI is InChI=1S/C29H28O3/c1-29(24-16-5-8-19-27(24)31,25-17-6-9-20-28(25)32)23-15-4-2-11-21(23)13-10-14-22-12-3-7-18-26(22)30/h2-9,11-12,15-20,30-32H,10,13-14H2,1H3. The molecule has 4 aromatic carbocycles. The van der Waals surface area contributed by atoms with Crippen molar-refractivity contribution in [1.29, 1.82) is 0 Å². The van der Waals surface area contributed by atoms with Gasteiger partial charge >= 0.3 is 0 Å². The molecular formula is C29H28O3. The molecule has 0 aromatic heterocycles. The van der Waals surface area contributed by atoms with E-state index in [1.165, 1.54) is 0 Å². The van der Waals surface area contributed by atoms with Crippen molar-refractivity contribution in [2.45, 2.75) is 31.6 Å². The summed E-state index contributed by atoms with van der Waals surface area (Å²) in [6, 6.07) is 30.3. The third-order valence-corrected chi connectivity index (χ3v) is 6.33. The van der Waals surface area contributed by atoms with Crippen molar-refractivity contribution in [2.24, 2.45) is 0 Å². The maximum atomic E-state index is 10.8. The summed E-state index contributed by atoms with van der Waals surface area (Å²) in [5, 5.41) is 31.7. The number of aromatic hydroxyl groups is 3.